The minimum absolute atomic E-state index is 0.253. The second kappa shape index (κ2) is 7.66. The van der Waals surface area contributed by atoms with Gasteiger partial charge in [-0.15, -0.1) is 0 Å². The van der Waals surface area contributed by atoms with Crippen molar-refractivity contribution in [3.05, 3.63) is 74.9 Å². The average Bonchev–Trinajstić information content (AvgIpc) is 2.54. The number of carbonyl (C=O) groups is 1. The lowest BCUT2D eigenvalue weighted by molar-refractivity contribution is -0.113. The summed E-state index contributed by atoms with van der Waals surface area (Å²) in [6.45, 7) is 3.77. The van der Waals surface area contributed by atoms with Crippen molar-refractivity contribution in [1.29, 1.82) is 0 Å². The molecule has 0 spiro atoms. The minimum atomic E-state index is -0.547. The molecule has 26 heavy (non-hydrogen) atoms. The van der Waals surface area contributed by atoms with Crippen LogP contribution in [0.2, 0.25) is 10.0 Å². The molecule has 0 fully saturated rings. The highest BCUT2D eigenvalue weighted by atomic mass is 35.5. The summed E-state index contributed by atoms with van der Waals surface area (Å²) in [6.07, 6.45) is 0. The maximum absolute atomic E-state index is 13.0. The number of aryl methyl sites for hydroxylation is 1. The van der Waals surface area contributed by atoms with Gasteiger partial charge in [-0.25, -0.2) is 0 Å². The number of anilines is 1. The van der Waals surface area contributed by atoms with Crippen molar-refractivity contribution in [2.45, 2.75) is 19.9 Å². The van der Waals surface area contributed by atoms with Crippen LogP contribution in [0.5, 0.6) is 0 Å². The Bertz CT molecular complexity index is 907. The SMILES string of the molecule is CC1=C(C(=O)Nc2cccc(C)c2)[C@@H](c2c(Cl)cccc2Cl)NC(=S)N1. The number of thiocarbonyl (C=S) groups is 1. The van der Waals surface area contributed by atoms with E-state index in [4.69, 9.17) is 35.4 Å². The lowest BCUT2D eigenvalue weighted by Gasteiger charge is -2.31. The molecule has 0 radical (unpaired) electrons. The van der Waals surface area contributed by atoms with Crippen molar-refractivity contribution in [2.75, 3.05) is 5.32 Å². The largest absolute Gasteiger partial charge is 0.351 e. The van der Waals surface area contributed by atoms with Crippen LogP contribution in [-0.4, -0.2) is 11.0 Å². The Hall–Kier alpha value is -2.08. The van der Waals surface area contributed by atoms with Gasteiger partial charge in [0.25, 0.3) is 5.91 Å². The van der Waals surface area contributed by atoms with E-state index in [9.17, 15) is 4.79 Å². The zero-order chi connectivity index (χ0) is 18.8. The Balaban J connectivity index is 2.02. The number of hydrogen-bond acceptors (Lipinski definition) is 2. The highest BCUT2D eigenvalue weighted by Gasteiger charge is 2.32. The van der Waals surface area contributed by atoms with E-state index < -0.39 is 6.04 Å². The van der Waals surface area contributed by atoms with Crippen LogP contribution in [0.15, 0.2) is 53.7 Å². The number of halogens is 2. The van der Waals surface area contributed by atoms with Crippen LogP contribution in [0, 0.1) is 6.92 Å². The van der Waals surface area contributed by atoms with E-state index in [-0.39, 0.29) is 5.91 Å². The van der Waals surface area contributed by atoms with Gasteiger partial charge in [-0.05, 0) is 55.9 Å². The van der Waals surface area contributed by atoms with Gasteiger partial charge in [0, 0.05) is 27.0 Å². The van der Waals surface area contributed by atoms with Crippen LogP contribution >= 0.6 is 35.4 Å². The van der Waals surface area contributed by atoms with Crippen molar-refractivity contribution in [3.63, 3.8) is 0 Å². The monoisotopic (exact) mass is 405 g/mol. The summed E-state index contributed by atoms with van der Waals surface area (Å²) in [4.78, 5) is 13.0. The lowest BCUT2D eigenvalue weighted by atomic mass is 9.94. The van der Waals surface area contributed by atoms with E-state index in [1.54, 1.807) is 25.1 Å². The summed E-state index contributed by atoms with van der Waals surface area (Å²) in [5.41, 5.74) is 3.52. The molecule has 0 saturated heterocycles. The van der Waals surface area contributed by atoms with E-state index >= 15 is 0 Å². The molecule has 1 heterocycles. The van der Waals surface area contributed by atoms with Crippen LogP contribution in [0.4, 0.5) is 5.69 Å². The molecule has 0 aromatic heterocycles. The third-order valence-corrected chi connectivity index (χ3v) is 4.96. The zero-order valence-electron chi connectivity index (χ0n) is 14.2. The van der Waals surface area contributed by atoms with Gasteiger partial charge in [0.2, 0.25) is 0 Å². The summed E-state index contributed by atoms with van der Waals surface area (Å²) in [5.74, 6) is -0.253. The average molecular weight is 406 g/mol. The first kappa shape index (κ1) is 18.7. The topological polar surface area (TPSA) is 53.2 Å². The van der Waals surface area contributed by atoms with Gasteiger partial charge in [-0.2, -0.15) is 0 Å². The third kappa shape index (κ3) is 3.85. The van der Waals surface area contributed by atoms with Crippen molar-refractivity contribution in [2.24, 2.45) is 0 Å². The summed E-state index contributed by atoms with van der Waals surface area (Å²) in [6, 6.07) is 12.3. The molecular weight excluding hydrogens is 389 g/mol. The molecule has 1 amide bonds. The second-order valence-corrected chi connectivity index (χ2v) is 7.25. The van der Waals surface area contributed by atoms with Crippen LogP contribution in [-0.2, 0) is 4.79 Å². The summed E-state index contributed by atoms with van der Waals surface area (Å²) >= 11 is 18.0. The van der Waals surface area contributed by atoms with E-state index in [0.29, 0.717) is 37.7 Å². The van der Waals surface area contributed by atoms with E-state index in [2.05, 4.69) is 16.0 Å². The van der Waals surface area contributed by atoms with E-state index in [1.807, 2.05) is 31.2 Å². The molecule has 2 aromatic rings. The molecular formula is C19H17Cl2N3OS. The fourth-order valence-corrected chi connectivity index (χ4v) is 3.81. The summed E-state index contributed by atoms with van der Waals surface area (Å²) < 4.78 is 0. The Morgan fingerprint density at radius 2 is 1.77 bits per heavy atom. The van der Waals surface area contributed by atoms with Crippen LogP contribution in [0.3, 0.4) is 0 Å². The highest BCUT2D eigenvalue weighted by molar-refractivity contribution is 7.80. The summed E-state index contributed by atoms with van der Waals surface area (Å²) in [7, 11) is 0. The van der Waals surface area contributed by atoms with Crippen LogP contribution in [0.1, 0.15) is 24.1 Å². The molecule has 0 bridgehead atoms. The first-order chi connectivity index (χ1) is 12.4. The van der Waals surface area contributed by atoms with E-state index in [1.165, 1.54) is 0 Å². The third-order valence-electron chi connectivity index (χ3n) is 4.08. The molecule has 134 valence electrons. The van der Waals surface area contributed by atoms with Gasteiger partial charge in [-0.3, -0.25) is 4.79 Å². The van der Waals surface area contributed by atoms with Gasteiger partial charge in [-0.1, -0.05) is 41.4 Å². The molecule has 0 saturated carbocycles. The first-order valence-electron chi connectivity index (χ1n) is 7.97. The summed E-state index contributed by atoms with van der Waals surface area (Å²) in [5, 5.41) is 10.4. The fraction of sp³-hybridized carbons (Fsp3) is 0.158. The number of allylic oxidation sites excluding steroid dienone is 1. The molecule has 0 aliphatic carbocycles. The molecule has 1 aliphatic heterocycles. The Morgan fingerprint density at radius 1 is 1.12 bits per heavy atom. The number of carbonyl (C=O) groups excluding carboxylic acids is 1. The quantitative estimate of drug-likeness (QED) is 0.645. The molecule has 7 heteroatoms. The Labute approximate surface area is 167 Å². The number of benzene rings is 2. The molecule has 1 atom stereocenters. The molecule has 3 rings (SSSR count). The van der Waals surface area contributed by atoms with Gasteiger partial charge in [0.1, 0.15) is 0 Å². The maximum atomic E-state index is 13.0. The molecule has 1 aliphatic rings. The highest BCUT2D eigenvalue weighted by Crippen LogP contribution is 2.36. The molecule has 3 N–H and O–H groups in total. The maximum Gasteiger partial charge on any atom is 0.255 e. The van der Waals surface area contributed by atoms with Crippen molar-refractivity contribution in [1.82, 2.24) is 10.6 Å². The Kier molecular flexibility index (Phi) is 5.51. The predicted octanol–water partition coefficient (Wildman–Crippen LogP) is 4.73. The van der Waals surface area contributed by atoms with Crippen molar-refractivity contribution in [3.8, 4) is 0 Å². The molecule has 2 aromatic carbocycles. The smallest absolute Gasteiger partial charge is 0.255 e. The molecule has 0 unspecified atom stereocenters. The first-order valence-corrected chi connectivity index (χ1v) is 9.13. The van der Waals surface area contributed by atoms with Crippen molar-refractivity contribution >= 4 is 52.1 Å². The lowest BCUT2D eigenvalue weighted by Crippen LogP contribution is -2.46. The number of hydrogen-bond donors (Lipinski definition) is 3. The normalized spacial score (nSPS) is 16.8. The van der Waals surface area contributed by atoms with Gasteiger partial charge >= 0.3 is 0 Å². The van der Waals surface area contributed by atoms with E-state index in [0.717, 1.165) is 5.56 Å². The minimum Gasteiger partial charge on any atom is -0.351 e. The number of rotatable bonds is 3. The van der Waals surface area contributed by atoms with Crippen molar-refractivity contribution < 1.29 is 4.79 Å². The van der Waals surface area contributed by atoms with Crippen LogP contribution in [0.25, 0.3) is 0 Å². The van der Waals surface area contributed by atoms with Crippen LogP contribution < -0.4 is 16.0 Å². The van der Waals surface area contributed by atoms with Gasteiger partial charge in [0.15, 0.2) is 5.11 Å². The number of amides is 1. The van der Waals surface area contributed by atoms with Gasteiger partial charge in [0.05, 0.1) is 11.6 Å². The fourth-order valence-electron chi connectivity index (χ4n) is 2.92. The Morgan fingerprint density at radius 3 is 2.42 bits per heavy atom. The molecule has 4 nitrogen and oxygen atoms in total. The van der Waals surface area contributed by atoms with Gasteiger partial charge < -0.3 is 16.0 Å². The second-order valence-electron chi connectivity index (χ2n) is 6.03. The zero-order valence-corrected chi connectivity index (χ0v) is 16.5. The number of nitrogens with one attached hydrogen (secondary N) is 3. The standard InChI is InChI=1S/C19H17Cl2N3OS/c1-10-5-3-6-12(9-10)23-18(25)15-11(2)22-19(26)24-17(15)16-13(20)7-4-8-14(16)21/h3-9,17H,1-2H3,(H,23,25)(H2,22,24,26)/t17-/m0/s1. The predicted molar refractivity (Wildman–Crippen MR) is 111 cm³/mol.